The van der Waals surface area contributed by atoms with E-state index >= 15 is 0 Å². The van der Waals surface area contributed by atoms with Gasteiger partial charge in [-0.1, -0.05) is 36.4 Å². The van der Waals surface area contributed by atoms with Gasteiger partial charge < -0.3 is 15.5 Å². The lowest BCUT2D eigenvalue weighted by Crippen LogP contribution is -2.39. The Morgan fingerprint density at radius 3 is 2.40 bits per heavy atom. The van der Waals surface area contributed by atoms with E-state index in [1.165, 1.54) is 11.6 Å². The van der Waals surface area contributed by atoms with Gasteiger partial charge in [0, 0.05) is 44.8 Å². The van der Waals surface area contributed by atoms with Gasteiger partial charge in [0.1, 0.15) is 5.82 Å². The van der Waals surface area contributed by atoms with Crippen LogP contribution in [0.5, 0.6) is 0 Å². The molecule has 0 bridgehead atoms. The third-order valence-electron chi connectivity index (χ3n) is 5.16. The highest BCUT2D eigenvalue weighted by molar-refractivity contribution is 5.79. The van der Waals surface area contributed by atoms with Crippen LogP contribution in [-0.4, -0.2) is 56.5 Å². The molecule has 0 spiro atoms. The van der Waals surface area contributed by atoms with Gasteiger partial charge in [-0.25, -0.2) is 4.39 Å². The third-order valence-corrected chi connectivity index (χ3v) is 5.16. The Bertz CT molecular complexity index is 791. The van der Waals surface area contributed by atoms with Gasteiger partial charge in [-0.3, -0.25) is 9.89 Å². The van der Waals surface area contributed by atoms with Crippen molar-refractivity contribution in [2.24, 2.45) is 4.99 Å². The van der Waals surface area contributed by atoms with E-state index in [0.29, 0.717) is 24.7 Å². The molecule has 0 saturated heterocycles. The molecular weight excluding hydrogens is 377 g/mol. The molecule has 0 saturated carbocycles. The summed E-state index contributed by atoms with van der Waals surface area (Å²) < 4.78 is 14.0. The molecule has 2 aromatic rings. The molecule has 0 aliphatic heterocycles. The molecular formula is C24H36FN5. The summed E-state index contributed by atoms with van der Waals surface area (Å²) in [6.07, 6.45) is 1.01. The lowest BCUT2D eigenvalue weighted by Gasteiger charge is -2.25. The second-order valence-corrected chi connectivity index (χ2v) is 8.05. The largest absolute Gasteiger partial charge is 0.356 e. The summed E-state index contributed by atoms with van der Waals surface area (Å²) in [5.74, 6) is 0.593. The molecule has 5 nitrogen and oxygen atoms in total. The van der Waals surface area contributed by atoms with Crippen molar-refractivity contribution in [2.45, 2.75) is 39.0 Å². The van der Waals surface area contributed by atoms with Crippen molar-refractivity contribution in [1.29, 1.82) is 0 Å². The van der Waals surface area contributed by atoms with E-state index in [-0.39, 0.29) is 5.82 Å². The summed E-state index contributed by atoms with van der Waals surface area (Å²) in [6.45, 7) is 5.20. The van der Waals surface area contributed by atoms with Crippen LogP contribution in [0.3, 0.4) is 0 Å². The van der Waals surface area contributed by atoms with E-state index in [1.54, 1.807) is 7.05 Å². The second-order valence-electron chi connectivity index (χ2n) is 8.05. The first-order chi connectivity index (χ1) is 14.4. The first-order valence-corrected chi connectivity index (χ1v) is 10.5. The van der Waals surface area contributed by atoms with Crippen molar-refractivity contribution < 1.29 is 4.39 Å². The van der Waals surface area contributed by atoms with Crippen LogP contribution in [0.1, 0.15) is 30.0 Å². The number of halogens is 1. The minimum atomic E-state index is -0.163. The van der Waals surface area contributed by atoms with E-state index in [1.807, 2.05) is 37.2 Å². The molecule has 1 unspecified atom stereocenters. The van der Waals surface area contributed by atoms with Crippen molar-refractivity contribution in [3.05, 3.63) is 71.0 Å². The van der Waals surface area contributed by atoms with E-state index in [4.69, 9.17) is 0 Å². The summed E-state index contributed by atoms with van der Waals surface area (Å²) in [5, 5.41) is 6.70. The van der Waals surface area contributed by atoms with Gasteiger partial charge in [0.25, 0.3) is 0 Å². The van der Waals surface area contributed by atoms with Crippen molar-refractivity contribution in [2.75, 3.05) is 34.7 Å². The van der Waals surface area contributed by atoms with Gasteiger partial charge in [-0.05, 0) is 57.7 Å². The Kier molecular flexibility index (Phi) is 9.77. The van der Waals surface area contributed by atoms with Crippen LogP contribution < -0.4 is 10.6 Å². The Balaban J connectivity index is 1.77. The lowest BCUT2D eigenvalue weighted by atomic mass is 10.1. The summed E-state index contributed by atoms with van der Waals surface area (Å²) in [4.78, 5) is 8.62. The van der Waals surface area contributed by atoms with Crippen LogP contribution in [0.25, 0.3) is 0 Å². The van der Waals surface area contributed by atoms with Gasteiger partial charge in [0.2, 0.25) is 0 Å². The monoisotopic (exact) mass is 413 g/mol. The van der Waals surface area contributed by atoms with Gasteiger partial charge in [0.05, 0.1) is 0 Å². The van der Waals surface area contributed by atoms with Crippen LogP contribution >= 0.6 is 0 Å². The minimum Gasteiger partial charge on any atom is -0.356 e. The predicted molar refractivity (Wildman–Crippen MR) is 124 cm³/mol. The molecule has 2 aromatic carbocycles. The highest BCUT2D eigenvalue weighted by atomic mass is 19.1. The highest BCUT2D eigenvalue weighted by Gasteiger charge is 2.10. The fraction of sp³-hybridized carbons (Fsp3) is 0.458. The maximum absolute atomic E-state index is 14.0. The van der Waals surface area contributed by atoms with Crippen LogP contribution in [0, 0.1) is 5.82 Å². The molecule has 0 aromatic heterocycles. The molecule has 2 rings (SSSR count). The molecule has 164 valence electrons. The molecule has 2 N–H and O–H groups in total. The molecule has 0 aliphatic carbocycles. The predicted octanol–water partition coefficient (Wildman–Crippen LogP) is 3.46. The Hall–Kier alpha value is -2.44. The van der Waals surface area contributed by atoms with E-state index in [9.17, 15) is 4.39 Å². The van der Waals surface area contributed by atoms with Crippen molar-refractivity contribution in [3.8, 4) is 0 Å². The minimum absolute atomic E-state index is 0.163. The third kappa shape index (κ3) is 8.13. The lowest BCUT2D eigenvalue weighted by molar-refractivity contribution is 0.238. The maximum atomic E-state index is 14.0. The standard InChI is InChI=1S/C24H36FN5/c1-19(30(5)17-20-9-7-6-8-10-20)13-14-27-24(26-2)28-16-21-11-12-23(25)22(15-21)18-29(3)4/h6-12,15,19H,13-14,16-18H2,1-5H3,(H2,26,27,28). The molecule has 0 fully saturated rings. The number of hydrogen-bond acceptors (Lipinski definition) is 3. The van der Waals surface area contributed by atoms with Gasteiger partial charge in [0.15, 0.2) is 5.96 Å². The number of benzene rings is 2. The summed E-state index contributed by atoms with van der Waals surface area (Å²) in [6, 6.07) is 16.2. The van der Waals surface area contributed by atoms with E-state index in [2.05, 4.69) is 58.8 Å². The Labute approximate surface area is 181 Å². The molecule has 0 heterocycles. The van der Waals surface area contributed by atoms with E-state index < -0.39 is 0 Å². The maximum Gasteiger partial charge on any atom is 0.191 e. The highest BCUT2D eigenvalue weighted by Crippen LogP contribution is 2.12. The van der Waals surface area contributed by atoms with Crippen LogP contribution in [0.15, 0.2) is 53.5 Å². The topological polar surface area (TPSA) is 42.9 Å². The molecule has 6 heteroatoms. The zero-order valence-corrected chi connectivity index (χ0v) is 19.0. The summed E-state index contributed by atoms with van der Waals surface area (Å²) >= 11 is 0. The summed E-state index contributed by atoms with van der Waals surface area (Å²) in [5.41, 5.74) is 3.06. The van der Waals surface area contributed by atoms with Crippen molar-refractivity contribution in [1.82, 2.24) is 20.4 Å². The normalized spacial score (nSPS) is 13.0. The molecule has 0 radical (unpaired) electrons. The van der Waals surface area contributed by atoms with Gasteiger partial charge in [-0.15, -0.1) is 0 Å². The van der Waals surface area contributed by atoms with Crippen molar-refractivity contribution in [3.63, 3.8) is 0 Å². The number of aliphatic imine (C=N–C) groups is 1. The number of hydrogen-bond donors (Lipinski definition) is 2. The first-order valence-electron chi connectivity index (χ1n) is 10.5. The first kappa shape index (κ1) is 23.8. The Morgan fingerprint density at radius 1 is 1.00 bits per heavy atom. The van der Waals surface area contributed by atoms with Crippen LogP contribution in [0.2, 0.25) is 0 Å². The van der Waals surface area contributed by atoms with Gasteiger partial charge >= 0.3 is 0 Å². The molecule has 30 heavy (non-hydrogen) atoms. The molecule has 0 aliphatic rings. The second kappa shape index (κ2) is 12.3. The number of guanidine groups is 1. The zero-order valence-electron chi connectivity index (χ0n) is 19.0. The Morgan fingerprint density at radius 2 is 1.73 bits per heavy atom. The van der Waals surface area contributed by atoms with Crippen molar-refractivity contribution >= 4 is 5.96 Å². The average Bonchev–Trinajstić information content (AvgIpc) is 2.72. The van der Waals surface area contributed by atoms with Gasteiger partial charge in [-0.2, -0.15) is 0 Å². The fourth-order valence-electron chi connectivity index (χ4n) is 3.25. The number of nitrogens with one attached hydrogen (secondary N) is 2. The van der Waals surface area contributed by atoms with Crippen LogP contribution in [-0.2, 0) is 19.6 Å². The van der Waals surface area contributed by atoms with Crippen LogP contribution in [0.4, 0.5) is 4.39 Å². The molecule has 1 atom stereocenters. The number of nitrogens with zero attached hydrogens (tertiary/aromatic N) is 3. The van der Waals surface area contributed by atoms with E-state index in [0.717, 1.165) is 31.0 Å². The quantitative estimate of drug-likeness (QED) is 0.462. The molecule has 0 amide bonds. The smallest absolute Gasteiger partial charge is 0.191 e. The summed E-state index contributed by atoms with van der Waals surface area (Å²) in [7, 11) is 7.80. The number of rotatable bonds is 10. The zero-order chi connectivity index (χ0) is 21.9. The average molecular weight is 414 g/mol. The fourth-order valence-corrected chi connectivity index (χ4v) is 3.25. The SMILES string of the molecule is CN=C(NCCC(C)N(C)Cc1ccccc1)NCc1ccc(F)c(CN(C)C)c1.